The van der Waals surface area contributed by atoms with Crippen LogP contribution in [0.4, 0.5) is 13.2 Å². The number of halogens is 3. The van der Waals surface area contributed by atoms with E-state index in [1.54, 1.807) is 22.2 Å². The van der Waals surface area contributed by atoms with Crippen LogP contribution in [0.5, 0.6) is 0 Å². The zero-order valence-corrected chi connectivity index (χ0v) is 20.6. The topological polar surface area (TPSA) is 124 Å². The van der Waals surface area contributed by atoms with Crippen molar-refractivity contribution in [3.8, 4) is 16.9 Å². The number of aliphatic hydroxyl groups is 2. The molecule has 1 aliphatic rings. The number of hydrogen-bond acceptors (Lipinski definition) is 9. The van der Waals surface area contributed by atoms with Gasteiger partial charge in [0.25, 0.3) is 0 Å². The third kappa shape index (κ3) is 4.24. The van der Waals surface area contributed by atoms with Crippen LogP contribution in [0.15, 0.2) is 42.9 Å². The molecule has 4 unspecified atom stereocenters. The summed E-state index contributed by atoms with van der Waals surface area (Å²) >= 11 is 1.56. The van der Waals surface area contributed by atoms with Gasteiger partial charge in [-0.3, -0.25) is 4.57 Å². The molecule has 6 rings (SSSR count). The van der Waals surface area contributed by atoms with Gasteiger partial charge in [-0.2, -0.15) is 0 Å². The summed E-state index contributed by atoms with van der Waals surface area (Å²) in [5, 5.41) is 38.1. The van der Waals surface area contributed by atoms with Crippen molar-refractivity contribution in [2.24, 2.45) is 0 Å². The molecule has 4 heterocycles. The first-order valence-electron chi connectivity index (χ1n) is 11.6. The van der Waals surface area contributed by atoms with Crippen LogP contribution in [-0.2, 0) is 4.74 Å². The van der Waals surface area contributed by atoms with Crippen molar-refractivity contribution in [1.29, 1.82) is 0 Å². The van der Waals surface area contributed by atoms with Gasteiger partial charge in [-0.25, -0.2) is 22.8 Å². The van der Waals surface area contributed by atoms with Crippen LogP contribution in [0.25, 0.3) is 27.2 Å². The van der Waals surface area contributed by atoms with Gasteiger partial charge >= 0.3 is 0 Å². The number of aryl methyl sites for hydroxylation is 1. The summed E-state index contributed by atoms with van der Waals surface area (Å²) in [6.07, 6.45) is 0.251. The van der Waals surface area contributed by atoms with Gasteiger partial charge in [0.05, 0.1) is 34.1 Å². The van der Waals surface area contributed by atoms with Gasteiger partial charge in [-0.05, 0) is 37.3 Å². The Morgan fingerprint density at radius 3 is 2.68 bits per heavy atom. The molecular formula is C24H20F3N7O3S. The Morgan fingerprint density at radius 1 is 1.13 bits per heavy atom. The van der Waals surface area contributed by atoms with E-state index in [1.165, 1.54) is 10.9 Å². The largest absolute Gasteiger partial charge is 0.394 e. The monoisotopic (exact) mass is 543 g/mol. The number of benzene rings is 2. The minimum Gasteiger partial charge on any atom is -0.394 e. The third-order valence-electron chi connectivity index (χ3n) is 6.50. The first-order valence-corrected chi connectivity index (χ1v) is 12.4. The van der Waals surface area contributed by atoms with Crippen molar-refractivity contribution in [1.82, 2.24) is 34.7 Å². The molecule has 0 saturated carbocycles. The van der Waals surface area contributed by atoms with Gasteiger partial charge < -0.3 is 14.9 Å². The Morgan fingerprint density at radius 2 is 1.92 bits per heavy atom. The van der Waals surface area contributed by atoms with Gasteiger partial charge in [0.15, 0.2) is 23.3 Å². The molecule has 196 valence electrons. The fourth-order valence-corrected chi connectivity index (χ4v) is 5.51. The summed E-state index contributed by atoms with van der Waals surface area (Å²) < 4.78 is 51.0. The molecule has 4 atom stereocenters. The lowest BCUT2D eigenvalue weighted by atomic mass is 9.95. The molecule has 1 fully saturated rings. The molecule has 1 aliphatic heterocycles. The van der Waals surface area contributed by atoms with Gasteiger partial charge in [0.1, 0.15) is 30.3 Å². The van der Waals surface area contributed by atoms with E-state index in [4.69, 9.17) is 4.74 Å². The van der Waals surface area contributed by atoms with Crippen LogP contribution in [-0.4, -0.2) is 63.8 Å². The van der Waals surface area contributed by atoms with Gasteiger partial charge in [0, 0.05) is 17.7 Å². The molecule has 3 aromatic heterocycles. The van der Waals surface area contributed by atoms with Crippen LogP contribution in [0.3, 0.4) is 0 Å². The van der Waals surface area contributed by atoms with Gasteiger partial charge in [0.2, 0.25) is 0 Å². The van der Waals surface area contributed by atoms with Crippen molar-refractivity contribution in [2.45, 2.75) is 37.7 Å². The van der Waals surface area contributed by atoms with Crippen molar-refractivity contribution in [3.63, 3.8) is 0 Å². The highest BCUT2D eigenvalue weighted by molar-refractivity contribution is 7.18. The predicted molar refractivity (Wildman–Crippen MR) is 129 cm³/mol. The number of aromatic nitrogens is 7. The maximum Gasteiger partial charge on any atom is 0.194 e. The minimum absolute atomic E-state index is 0.0158. The smallest absolute Gasteiger partial charge is 0.194 e. The zero-order chi connectivity index (χ0) is 26.6. The van der Waals surface area contributed by atoms with Crippen molar-refractivity contribution < 1.29 is 28.1 Å². The molecule has 10 nitrogen and oxygen atoms in total. The van der Waals surface area contributed by atoms with Crippen LogP contribution in [0, 0.1) is 24.4 Å². The predicted octanol–water partition coefficient (Wildman–Crippen LogP) is 3.29. The second-order valence-corrected chi connectivity index (χ2v) is 10.2. The molecule has 2 N–H and O–H groups in total. The molecular weight excluding hydrogens is 523 g/mol. The summed E-state index contributed by atoms with van der Waals surface area (Å²) in [6.45, 7) is 1.45. The molecule has 2 aromatic carbocycles. The lowest BCUT2D eigenvalue weighted by molar-refractivity contribution is -0.161. The Hall–Kier alpha value is -3.72. The fraction of sp³-hybridized carbons (Fsp3) is 0.292. The molecule has 0 aliphatic carbocycles. The quantitative estimate of drug-likeness (QED) is 0.324. The third-order valence-corrected chi connectivity index (χ3v) is 7.43. The summed E-state index contributed by atoms with van der Waals surface area (Å²) in [4.78, 5) is 4.48. The van der Waals surface area contributed by atoms with Crippen molar-refractivity contribution >= 4 is 21.6 Å². The number of hydrogen-bond donors (Lipinski definition) is 2. The summed E-state index contributed by atoms with van der Waals surface area (Å²) in [7, 11) is 0. The Balaban J connectivity index is 1.33. The van der Waals surface area contributed by atoms with E-state index < -0.39 is 48.4 Å². The maximum atomic E-state index is 13.7. The lowest BCUT2D eigenvalue weighted by Gasteiger charge is -2.38. The molecule has 0 spiro atoms. The summed E-state index contributed by atoms with van der Waals surface area (Å²) in [5.74, 6) is -3.84. The highest BCUT2D eigenvalue weighted by Gasteiger charge is 2.41. The average molecular weight is 544 g/mol. The standard InChI is InChI=1S/C24H20F3N7O3S/c1-11-29-16-3-2-13(6-21(16)38-11)33-10-28-31-24(33)19-7-18(23(36)20(9-35)37-19)34-8-17(30-32-34)12-4-14(25)22(27)15(26)5-12/h2-6,8,10,18-20,23,35-36H,7,9H2,1H3. The SMILES string of the molecule is Cc1nc2ccc(-n3cnnc3C3CC(n4cc(-c5cc(F)c(F)c(F)c5)nn4)C(O)C(CO)O3)cc2s1. The van der Waals surface area contributed by atoms with Crippen molar-refractivity contribution in [2.75, 3.05) is 6.61 Å². The maximum absolute atomic E-state index is 13.7. The Kier molecular flexibility index (Phi) is 6.18. The zero-order valence-electron chi connectivity index (χ0n) is 19.7. The molecule has 0 amide bonds. The van der Waals surface area contributed by atoms with E-state index in [0.29, 0.717) is 5.82 Å². The fourth-order valence-electron chi connectivity index (χ4n) is 4.65. The van der Waals surface area contributed by atoms with Crippen LogP contribution >= 0.6 is 11.3 Å². The molecule has 38 heavy (non-hydrogen) atoms. The van der Waals surface area contributed by atoms with Gasteiger partial charge in [-0.15, -0.1) is 26.6 Å². The molecule has 14 heteroatoms. The number of nitrogens with zero attached hydrogens (tertiary/aromatic N) is 7. The lowest BCUT2D eigenvalue weighted by Crippen LogP contribution is -2.45. The molecule has 0 bridgehead atoms. The number of aliphatic hydroxyl groups excluding tert-OH is 2. The Bertz CT molecular complexity index is 1610. The van der Waals surface area contributed by atoms with Crippen LogP contribution in [0.1, 0.15) is 29.4 Å². The normalized spacial score (nSPS) is 21.8. The Labute approximate surface area is 217 Å². The summed E-state index contributed by atoms with van der Waals surface area (Å²) in [5.41, 5.74) is 1.73. The number of ether oxygens (including phenoxy) is 1. The summed E-state index contributed by atoms with van der Waals surface area (Å²) in [6, 6.07) is 6.65. The molecule has 5 aromatic rings. The number of fused-ring (bicyclic) bond motifs is 1. The minimum atomic E-state index is -1.58. The first-order chi connectivity index (χ1) is 18.3. The van der Waals surface area contributed by atoms with E-state index in [2.05, 4.69) is 25.5 Å². The van der Waals surface area contributed by atoms with Crippen LogP contribution < -0.4 is 0 Å². The van der Waals surface area contributed by atoms with E-state index in [1.807, 2.05) is 25.1 Å². The highest BCUT2D eigenvalue weighted by atomic mass is 32.1. The second kappa shape index (κ2) is 9.54. The number of rotatable bonds is 5. The average Bonchev–Trinajstić information content (AvgIpc) is 3.65. The van der Waals surface area contributed by atoms with E-state index in [-0.39, 0.29) is 17.7 Å². The van der Waals surface area contributed by atoms with E-state index in [0.717, 1.165) is 33.0 Å². The molecule has 0 radical (unpaired) electrons. The second-order valence-electron chi connectivity index (χ2n) is 8.92. The highest BCUT2D eigenvalue weighted by Crippen LogP contribution is 2.38. The first kappa shape index (κ1) is 24.6. The van der Waals surface area contributed by atoms with Crippen LogP contribution in [0.2, 0.25) is 0 Å². The van der Waals surface area contributed by atoms with Gasteiger partial charge in [-0.1, -0.05) is 5.21 Å². The van der Waals surface area contributed by atoms with Crippen molar-refractivity contribution in [3.05, 3.63) is 71.1 Å². The molecule has 1 saturated heterocycles. The number of thiazole rings is 1. The van der Waals surface area contributed by atoms with E-state index >= 15 is 0 Å². The van der Waals surface area contributed by atoms with E-state index in [9.17, 15) is 23.4 Å².